The summed E-state index contributed by atoms with van der Waals surface area (Å²) in [5.41, 5.74) is 0.358. The molecule has 0 aliphatic carbocycles. The molecule has 1 amide bonds. The number of rotatable bonds is 2. The summed E-state index contributed by atoms with van der Waals surface area (Å²) in [6.07, 6.45) is -0.387. The fourth-order valence-electron chi connectivity index (χ4n) is 1.32. The first kappa shape index (κ1) is 15.2. The lowest BCUT2D eigenvalue weighted by Gasteiger charge is -2.24. The topological polar surface area (TPSA) is 29.5 Å². The summed E-state index contributed by atoms with van der Waals surface area (Å²) in [4.78, 5) is 13.2. The van der Waals surface area contributed by atoms with Crippen LogP contribution in [-0.4, -0.2) is 23.6 Å². The van der Waals surface area contributed by atoms with Gasteiger partial charge in [-0.05, 0) is 61.1 Å². The molecule has 100 valence electrons. The molecule has 18 heavy (non-hydrogen) atoms. The largest absolute Gasteiger partial charge is 0.444 e. The molecular weight excluding hydrogens is 348 g/mol. The summed E-state index contributed by atoms with van der Waals surface area (Å²) in [6, 6.07) is 4.79. The van der Waals surface area contributed by atoms with Crippen LogP contribution in [0.5, 0.6) is 0 Å². The van der Waals surface area contributed by atoms with Gasteiger partial charge in [0.15, 0.2) is 0 Å². The molecule has 1 aromatic rings. The van der Waals surface area contributed by atoms with E-state index in [0.29, 0.717) is 10.1 Å². The highest BCUT2D eigenvalue weighted by molar-refractivity contribution is 14.1. The molecule has 0 heterocycles. The molecule has 0 spiro atoms. The van der Waals surface area contributed by atoms with Crippen LogP contribution in [0.15, 0.2) is 18.2 Å². The van der Waals surface area contributed by atoms with Crippen LogP contribution in [0.1, 0.15) is 26.3 Å². The van der Waals surface area contributed by atoms with Crippen molar-refractivity contribution in [2.45, 2.75) is 32.9 Å². The molecule has 0 bridgehead atoms. The number of amides is 1. The van der Waals surface area contributed by atoms with Crippen LogP contribution >= 0.6 is 22.6 Å². The number of halogens is 2. The van der Waals surface area contributed by atoms with Gasteiger partial charge >= 0.3 is 6.09 Å². The molecule has 0 saturated heterocycles. The fraction of sp³-hybridized carbons (Fsp3) is 0.462. The summed E-state index contributed by atoms with van der Waals surface area (Å²) < 4.78 is 18.9. The van der Waals surface area contributed by atoms with Gasteiger partial charge in [0, 0.05) is 17.2 Å². The highest BCUT2D eigenvalue weighted by Crippen LogP contribution is 2.15. The maximum absolute atomic E-state index is 13.1. The quantitative estimate of drug-likeness (QED) is 0.747. The van der Waals surface area contributed by atoms with E-state index in [9.17, 15) is 9.18 Å². The zero-order valence-corrected chi connectivity index (χ0v) is 13.1. The first-order valence-corrected chi connectivity index (χ1v) is 6.65. The van der Waals surface area contributed by atoms with Gasteiger partial charge in [-0.3, -0.25) is 0 Å². The predicted octanol–water partition coefficient (Wildman–Crippen LogP) is 3.80. The van der Waals surface area contributed by atoms with Crippen molar-refractivity contribution < 1.29 is 13.9 Å². The molecular formula is C13H17FINO2. The maximum atomic E-state index is 13.1. The number of benzene rings is 1. The Kier molecular flexibility index (Phi) is 4.95. The standard InChI is InChI=1S/C13H17FINO2/c1-13(2,3)18-12(17)16(4)8-9-5-6-10(14)11(15)7-9/h5-7H,8H2,1-4H3. The van der Waals surface area contributed by atoms with Gasteiger partial charge in [-0.15, -0.1) is 0 Å². The van der Waals surface area contributed by atoms with E-state index in [-0.39, 0.29) is 11.9 Å². The number of nitrogens with zero attached hydrogens (tertiary/aromatic N) is 1. The van der Waals surface area contributed by atoms with Crippen molar-refractivity contribution in [3.8, 4) is 0 Å². The van der Waals surface area contributed by atoms with Gasteiger partial charge < -0.3 is 9.64 Å². The molecule has 5 heteroatoms. The summed E-state index contributed by atoms with van der Waals surface area (Å²) in [7, 11) is 1.66. The van der Waals surface area contributed by atoms with Gasteiger partial charge in [-0.2, -0.15) is 0 Å². The maximum Gasteiger partial charge on any atom is 0.410 e. The van der Waals surface area contributed by atoms with Crippen LogP contribution in [0.4, 0.5) is 9.18 Å². The first-order chi connectivity index (χ1) is 8.19. The minimum Gasteiger partial charge on any atom is -0.444 e. The second kappa shape index (κ2) is 5.86. The zero-order chi connectivity index (χ0) is 13.9. The van der Waals surface area contributed by atoms with Gasteiger partial charge in [0.05, 0.1) is 0 Å². The van der Waals surface area contributed by atoms with Crippen LogP contribution in [-0.2, 0) is 11.3 Å². The molecule has 0 aliphatic heterocycles. The number of hydrogen-bond acceptors (Lipinski definition) is 2. The van der Waals surface area contributed by atoms with E-state index in [1.807, 2.05) is 43.4 Å². The van der Waals surface area contributed by atoms with E-state index in [1.54, 1.807) is 19.2 Å². The SMILES string of the molecule is CN(Cc1ccc(F)c(I)c1)C(=O)OC(C)(C)C. The van der Waals surface area contributed by atoms with Gasteiger partial charge in [0.1, 0.15) is 11.4 Å². The predicted molar refractivity (Wildman–Crippen MR) is 76.8 cm³/mol. The Morgan fingerprint density at radius 1 is 1.44 bits per heavy atom. The molecule has 1 aromatic carbocycles. The lowest BCUT2D eigenvalue weighted by atomic mass is 10.2. The van der Waals surface area contributed by atoms with Crippen molar-refractivity contribution in [1.29, 1.82) is 0 Å². The van der Waals surface area contributed by atoms with Crippen LogP contribution in [0.2, 0.25) is 0 Å². The van der Waals surface area contributed by atoms with Gasteiger partial charge in [0.25, 0.3) is 0 Å². The van der Waals surface area contributed by atoms with Crippen molar-refractivity contribution in [2.75, 3.05) is 7.05 Å². The first-order valence-electron chi connectivity index (χ1n) is 5.57. The van der Waals surface area contributed by atoms with Crippen molar-refractivity contribution in [3.63, 3.8) is 0 Å². The Morgan fingerprint density at radius 3 is 2.56 bits per heavy atom. The minimum atomic E-state index is -0.511. The molecule has 0 radical (unpaired) electrons. The molecule has 0 atom stereocenters. The van der Waals surface area contributed by atoms with Gasteiger partial charge in [-0.1, -0.05) is 6.07 Å². The molecule has 0 N–H and O–H groups in total. The number of hydrogen-bond donors (Lipinski definition) is 0. The number of ether oxygens (including phenoxy) is 1. The minimum absolute atomic E-state index is 0.251. The molecule has 0 aromatic heterocycles. The highest BCUT2D eigenvalue weighted by atomic mass is 127. The van der Waals surface area contributed by atoms with Crippen molar-refractivity contribution in [1.82, 2.24) is 4.90 Å². The lowest BCUT2D eigenvalue weighted by Crippen LogP contribution is -2.33. The normalized spacial score (nSPS) is 11.2. The van der Waals surface area contributed by atoms with E-state index >= 15 is 0 Å². The van der Waals surface area contributed by atoms with E-state index in [0.717, 1.165) is 5.56 Å². The Morgan fingerprint density at radius 2 is 2.06 bits per heavy atom. The summed E-state index contributed by atoms with van der Waals surface area (Å²) in [5.74, 6) is -0.251. The van der Waals surface area contributed by atoms with Crippen LogP contribution in [0, 0.1) is 9.39 Å². The second-order valence-electron chi connectivity index (χ2n) is 5.08. The van der Waals surface area contributed by atoms with Gasteiger partial charge in [0.2, 0.25) is 0 Å². The van der Waals surface area contributed by atoms with Crippen LogP contribution in [0.3, 0.4) is 0 Å². The van der Waals surface area contributed by atoms with Crippen LogP contribution < -0.4 is 0 Å². The Labute approximate surface area is 120 Å². The van der Waals surface area contributed by atoms with E-state index in [2.05, 4.69) is 0 Å². The number of carbonyl (C=O) groups is 1. The zero-order valence-electron chi connectivity index (χ0n) is 11.0. The monoisotopic (exact) mass is 365 g/mol. The summed E-state index contributed by atoms with van der Waals surface area (Å²) in [6.45, 7) is 5.85. The molecule has 0 saturated carbocycles. The number of carbonyl (C=O) groups excluding carboxylic acids is 1. The highest BCUT2D eigenvalue weighted by Gasteiger charge is 2.19. The smallest absolute Gasteiger partial charge is 0.410 e. The third-order valence-corrected chi connectivity index (χ3v) is 2.94. The van der Waals surface area contributed by atoms with E-state index in [4.69, 9.17) is 4.74 Å². The Hall–Kier alpha value is -0.850. The molecule has 0 unspecified atom stereocenters. The van der Waals surface area contributed by atoms with Crippen LogP contribution in [0.25, 0.3) is 0 Å². The third-order valence-electron chi connectivity index (χ3n) is 2.11. The summed E-state index contributed by atoms with van der Waals surface area (Å²) in [5, 5.41) is 0. The molecule has 3 nitrogen and oxygen atoms in total. The Balaban J connectivity index is 2.66. The van der Waals surface area contributed by atoms with Crippen molar-refractivity contribution >= 4 is 28.7 Å². The fourth-order valence-corrected chi connectivity index (χ4v) is 1.90. The van der Waals surface area contributed by atoms with Crippen molar-refractivity contribution in [2.24, 2.45) is 0 Å². The van der Waals surface area contributed by atoms with E-state index < -0.39 is 5.60 Å². The summed E-state index contributed by atoms with van der Waals surface area (Å²) >= 11 is 1.93. The second-order valence-corrected chi connectivity index (χ2v) is 6.25. The molecule has 0 fully saturated rings. The average Bonchev–Trinajstić information content (AvgIpc) is 2.21. The van der Waals surface area contributed by atoms with E-state index in [1.165, 1.54) is 11.0 Å². The molecule has 0 aliphatic rings. The Bertz CT molecular complexity index is 443. The van der Waals surface area contributed by atoms with Crippen molar-refractivity contribution in [3.05, 3.63) is 33.1 Å². The van der Waals surface area contributed by atoms with Gasteiger partial charge in [-0.25, -0.2) is 9.18 Å². The molecule has 1 rings (SSSR count). The average molecular weight is 365 g/mol. The third kappa shape index (κ3) is 4.80. The lowest BCUT2D eigenvalue weighted by molar-refractivity contribution is 0.0285.